The summed E-state index contributed by atoms with van der Waals surface area (Å²) in [6.07, 6.45) is -0.0736. The molecule has 1 aliphatic heterocycles. The van der Waals surface area contributed by atoms with E-state index in [2.05, 4.69) is 6.58 Å². The van der Waals surface area contributed by atoms with Crippen molar-refractivity contribution in [1.82, 2.24) is 8.61 Å². The molecule has 2 aromatic carbocycles. The molecule has 18 heteroatoms. The van der Waals surface area contributed by atoms with Crippen LogP contribution in [0.5, 0.6) is 0 Å². The molecule has 1 saturated heterocycles. The van der Waals surface area contributed by atoms with Crippen LogP contribution in [-0.4, -0.2) is 76.9 Å². The molecule has 2 aromatic rings. The molecular weight excluding hydrogens is 747 g/mol. The molecule has 9 nitrogen and oxygen atoms in total. The third-order valence-electron chi connectivity index (χ3n) is 9.72. The molecule has 1 heterocycles. The Morgan fingerprint density at radius 3 is 2.18 bits per heavy atom. The van der Waals surface area contributed by atoms with Gasteiger partial charge in [-0.15, -0.1) is 6.58 Å². The average molecular weight is 786 g/mol. The molecule has 0 aromatic heterocycles. The standard InChI is InChI=1S/C24H24F5NO4S2.C8H15NO3PS/c25-18-3-8-22(26)21(11-18)23(36(33,34)20-6-1-17(2-7-20)24(27,28)29)10-9-15-14-35(31,32)30(19-4-5-19)13-16(15)12-23;1-3-6-9(8-4-5-8)14(11,12)7-13(2)10/h1-3,6-8,11,15-16,19H,4-5,9-10,12-14H2;3,8H,1,4-7H2,2H3/q;+1/t15-,16+,23-;/m0./s1. The summed E-state index contributed by atoms with van der Waals surface area (Å²) in [4.78, 5) is -0.430. The zero-order valence-corrected chi connectivity index (χ0v) is 30.6. The Balaban J connectivity index is 0.000000292. The van der Waals surface area contributed by atoms with Gasteiger partial charge in [0.25, 0.3) is 15.5 Å². The molecule has 3 aliphatic carbocycles. The molecule has 6 rings (SSSR count). The Labute approximate surface area is 290 Å². The summed E-state index contributed by atoms with van der Waals surface area (Å²) >= 11 is 0. The summed E-state index contributed by atoms with van der Waals surface area (Å²) in [5.41, 5.74) is -1.66. The highest BCUT2D eigenvalue weighted by molar-refractivity contribution is 7.94. The first-order valence-corrected chi connectivity index (χ1v) is 22.7. The van der Waals surface area contributed by atoms with Crippen molar-refractivity contribution in [2.75, 3.05) is 31.0 Å². The fourth-order valence-electron chi connectivity index (χ4n) is 7.04. The van der Waals surface area contributed by atoms with Crippen LogP contribution in [-0.2, 0) is 45.4 Å². The van der Waals surface area contributed by atoms with Gasteiger partial charge in [-0.05, 0) is 99.2 Å². The minimum Gasteiger partial charge on any atom is -0.223 e. The second-order valence-electron chi connectivity index (χ2n) is 13.4. The first kappa shape index (κ1) is 38.9. The number of hydrogen-bond acceptors (Lipinski definition) is 7. The summed E-state index contributed by atoms with van der Waals surface area (Å²) in [6, 6.07) is 5.49. The summed E-state index contributed by atoms with van der Waals surface area (Å²) in [5.74, 6) is -2.71. The molecule has 276 valence electrons. The van der Waals surface area contributed by atoms with E-state index < -0.39 is 76.6 Å². The molecule has 0 amide bonds. The summed E-state index contributed by atoms with van der Waals surface area (Å²) in [7, 11) is -13.0. The number of sulfone groups is 1. The van der Waals surface area contributed by atoms with Gasteiger partial charge in [0.1, 0.15) is 23.0 Å². The number of sulfonamides is 2. The first-order chi connectivity index (χ1) is 23.2. The molecule has 0 spiro atoms. The average Bonchev–Trinajstić information content (AvgIpc) is 3.94. The Morgan fingerprint density at radius 1 is 1.00 bits per heavy atom. The van der Waals surface area contributed by atoms with Crippen molar-refractivity contribution in [2.45, 2.75) is 72.8 Å². The van der Waals surface area contributed by atoms with Gasteiger partial charge in [0.2, 0.25) is 10.0 Å². The maximum Gasteiger partial charge on any atom is 0.416 e. The zero-order valence-electron chi connectivity index (χ0n) is 27.2. The van der Waals surface area contributed by atoms with Crippen LogP contribution in [0.1, 0.15) is 56.1 Å². The Morgan fingerprint density at radius 2 is 1.64 bits per heavy atom. The van der Waals surface area contributed by atoms with E-state index in [1.807, 2.05) is 0 Å². The van der Waals surface area contributed by atoms with Crippen LogP contribution in [0.2, 0.25) is 0 Å². The van der Waals surface area contributed by atoms with Gasteiger partial charge in [-0.25, -0.2) is 34.0 Å². The van der Waals surface area contributed by atoms with Gasteiger partial charge in [0.05, 0.1) is 16.2 Å². The molecule has 0 N–H and O–H groups in total. The number of halogens is 5. The van der Waals surface area contributed by atoms with Crippen molar-refractivity contribution in [3.05, 3.63) is 77.9 Å². The number of fused-ring (bicyclic) bond motifs is 1. The number of alkyl halides is 3. The number of rotatable bonds is 10. The summed E-state index contributed by atoms with van der Waals surface area (Å²) < 4.78 is 158. The monoisotopic (exact) mass is 785 g/mol. The maximum atomic E-state index is 15.1. The lowest BCUT2D eigenvalue weighted by molar-refractivity contribution is -0.137. The van der Waals surface area contributed by atoms with E-state index >= 15 is 4.39 Å². The van der Waals surface area contributed by atoms with E-state index in [1.54, 1.807) is 6.08 Å². The lowest BCUT2D eigenvalue weighted by atomic mass is 9.71. The fraction of sp³-hybridized carbons (Fsp3) is 0.562. The molecule has 0 radical (unpaired) electrons. The normalized spacial score (nSPS) is 26.0. The largest absolute Gasteiger partial charge is 0.416 e. The van der Waals surface area contributed by atoms with Crippen molar-refractivity contribution >= 4 is 37.7 Å². The van der Waals surface area contributed by atoms with Gasteiger partial charge in [-0.1, -0.05) is 10.6 Å². The number of hydrogen-bond donors (Lipinski definition) is 0. The maximum absolute atomic E-state index is 15.1. The predicted octanol–water partition coefficient (Wildman–Crippen LogP) is 6.26. The molecule has 4 aliphatic rings. The zero-order chi connectivity index (χ0) is 36.9. The Bertz CT molecular complexity index is 1950. The van der Waals surface area contributed by atoms with Crippen LogP contribution in [0.25, 0.3) is 0 Å². The van der Waals surface area contributed by atoms with Gasteiger partial charge < -0.3 is 0 Å². The SMILES string of the molecule is C=CCN(C1CC1)S(=O)(=O)C[P+](C)=O.O=S1(=O)C[C@@H]2CC[C@](c3cc(F)ccc3F)(S(=O)(=O)c3ccc(C(F)(F)F)cc3)C[C@@H]2CN1C1CC1. The molecule has 4 atom stereocenters. The molecule has 3 saturated carbocycles. The molecular formula is C32H39F5N2O7PS3+. The van der Waals surface area contributed by atoms with E-state index in [9.17, 15) is 47.4 Å². The van der Waals surface area contributed by atoms with Crippen LogP contribution in [0.15, 0.2) is 60.0 Å². The highest BCUT2D eigenvalue weighted by Crippen LogP contribution is 2.53. The number of benzene rings is 2. The smallest absolute Gasteiger partial charge is 0.223 e. The third kappa shape index (κ3) is 8.17. The van der Waals surface area contributed by atoms with E-state index in [1.165, 1.54) is 15.3 Å². The van der Waals surface area contributed by atoms with E-state index in [0.717, 1.165) is 43.2 Å². The lowest BCUT2D eigenvalue weighted by Crippen LogP contribution is -2.54. The highest BCUT2D eigenvalue weighted by Gasteiger charge is 2.56. The van der Waals surface area contributed by atoms with E-state index in [0.29, 0.717) is 31.5 Å². The Hall–Kier alpha value is -2.30. The van der Waals surface area contributed by atoms with Crippen molar-refractivity contribution < 1.29 is 51.8 Å². The van der Waals surface area contributed by atoms with Crippen LogP contribution in [0, 0.1) is 23.5 Å². The predicted molar refractivity (Wildman–Crippen MR) is 178 cm³/mol. The van der Waals surface area contributed by atoms with Crippen LogP contribution in [0.3, 0.4) is 0 Å². The highest BCUT2D eigenvalue weighted by atomic mass is 32.2. The van der Waals surface area contributed by atoms with Gasteiger partial charge in [0, 0.05) is 30.7 Å². The van der Waals surface area contributed by atoms with Crippen molar-refractivity contribution in [1.29, 1.82) is 0 Å². The third-order valence-corrected chi connectivity index (χ3v) is 18.2. The fourth-order valence-corrected chi connectivity index (χ4v) is 14.9. The van der Waals surface area contributed by atoms with Gasteiger partial charge >= 0.3 is 14.0 Å². The van der Waals surface area contributed by atoms with Gasteiger partial charge in [0.15, 0.2) is 9.84 Å². The second kappa shape index (κ2) is 14.3. The minimum atomic E-state index is -4.67. The van der Waals surface area contributed by atoms with Gasteiger partial charge in [-0.2, -0.15) is 21.8 Å². The van der Waals surface area contributed by atoms with Crippen LogP contribution in [0.4, 0.5) is 22.0 Å². The van der Waals surface area contributed by atoms with Crippen LogP contribution >= 0.6 is 7.80 Å². The second-order valence-corrected chi connectivity index (χ2v) is 21.6. The van der Waals surface area contributed by atoms with E-state index in [-0.39, 0.29) is 60.6 Å². The number of nitrogens with zero attached hydrogens (tertiary/aromatic N) is 2. The topological polar surface area (TPSA) is 126 Å². The summed E-state index contributed by atoms with van der Waals surface area (Å²) in [5, 5.41) is 0. The molecule has 1 unspecified atom stereocenters. The lowest BCUT2D eigenvalue weighted by Gasteiger charge is -2.48. The minimum absolute atomic E-state index is 0.0822. The van der Waals surface area contributed by atoms with E-state index in [4.69, 9.17) is 0 Å². The van der Waals surface area contributed by atoms with Crippen molar-refractivity contribution in [3.63, 3.8) is 0 Å². The molecule has 4 fully saturated rings. The van der Waals surface area contributed by atoms with Crippen molar-refractivity contribution in [3.8, 4) is 0 Å². The summed E-state index contributed by atoms with van der Waals surface area (Å²) in [6.45, 7) is 5.37. The van der Waals surface area contributed by atoms with Crippen LogP contribution < -0.4 is 0 Å². The quantitative estimate of drug-likeness (QED) is 0.158. The Kier molecular flexibility index (Phi) is 11.1. The van der Waals surface area contributed by atoms with Gasteiger partial charge in [-0.3, -0.25) is 0 Å². The first-order valence-electron chi connectivity index (χ1n) is 16.1. The van der Waals surface area contributed by atoms with Crippen molar-refractivity contribution in [2.24, 2.45) is 11.8 Å². The molecule has 50 heavy (non-hydrogen) atoms. The molecule has 0 bridgehead atoms.